The lowest BCUT2D eigenvalue weighted by Gasteiger charge is -2.75. The normalized spacial score (nSPS) is 43.1. The van der Waals surface area contributed by atoms with Crippen molar-refractivity contribution in [2.75, 3.05) is 53.6 Å². The minimum atomic E-state index is -0.964. The second kappa shape index (κ2) is 14.2. The second-order valence-electron chi connectivity index (χ2n) is 28.2. The van der Waals surface area contributed by atoms with Crippen LogP contribution >= 0.6 is 0 Å². The number of methoxy groups -OCH3 is 2. The van der Waals surface area contributed by atoms with Gasteiger partial charge in [0.1, 0.15) is 36.6 Å². The summed E-state index contributed by atoms with van der Waals surface area (Å²) in [5.41, 5.74) is 1.29. The van der Waals surface area contributed by atoms with E-state index in [2.05, 4.69) is 89.5 Å². The molecule has 4 aliphatic heterocycles. The van der Waals surface area contributed by atoms with Crippen LogP contribution in [0.5, 0.6) is 23.0 Å². The maximum Gasteiger partial charge on any atom is 0.165 e. The number of rotatable bonds is 13. The Bertz CT molecular complexity index is 2350. The first-order chi connectivity index (χ1) is 33.2. The van der Waals surface area contributed by atoms with Crippen molar-refractivity contribution in [3.05, 3.63) is 46.5 Å². The Hall–Kier alpha value is -2.60. The molecule has 14 atom stereocenters. The first kappa shape index (κ1) is 46.0. The summed E-state index contributed by atoms with van der Waals surface area (Å²) in [4.78, 5) is 5.76. The number of piperidine rings is 2. The Morgan fingerprint density at radius 3 is 1.33 bits per heavy atom. The van der Waals surface area contributed by atoms with Crippen LogP contribution in [0.25, 0.3) is 0 Å². The van der Waals surface area contributed by atoms with Crippen LogP contribution in [0.1, 0.15) is 155 Å². The van der Waals surface area contributed by atoms with Crippen molar-refractivity contribution in [2.24, 2.45) is 45.3 Å². The van der Waals surface area contributed by atoms with Gasteiger partial charge in [-0.3, -0.25) is 9.80 Å². The van der Waals surface area contributed by atoms with Crippen molar-refractivity contribution >= 4 is 0 Å². The number of hydrogen-bond acceptors (Lipinski definition) is 10. The van der Waals surface area contributed by atoms with Crippen molar-refractivity contribution < 1.29 is 38.6 Å². The highest BCUT2D eigenvalue weighted by atomic mass is 16.6. The zero-order valence-corrected chi connectivity index (χ0v) is 44.3. The summed E-state index contributed by atoms with van der Waals surface area (Å²) < 4.78 is 42.7. The van der Waals surface area contributed by atoms with Crippen LogP contribution in [0.2, 0.25) is 0 Å². The molecule has 2 unspecified atom stereocenters. The van der Waals surface area contributed by atoms with E-state index in [1.165, 1.54) is 61.0 Å². The molecular weight excluding hydrogens is 877 g/mol. The summed E-state index contributed by atoms with van der Waals surface area (Å²) in [7, 11) is 3.78. The van der Waals surface area contributed by atoms with E-state index < -0.39 is 22.4 Å². The van der Waals surface area contributed by atoms with Crippen LogP contribution in [0.4, 0.5) is 0 Å². The Labute approximate surface area is 418 Å². The lowest BCUT2D eigenvalue weighted by Crippen LogP contribution is -2.83. The third kappa shape index (κ3) is 5.29. The van der Waals surface area contributed by atoms with Gasteiger partial charge in [-0.25, -0.2) is 0 Å². The Morgan fingerprint density at radius 1 is 0.571 bits per heavy atom. The molecule has 0 radical (unpaired) electrons. The lowest BCUT2D eigenvalue weighted by atomic mass is 9.33. The molecule has 70 heavy (non-hydrogen) atoms. The van der Waals surface area contributed by atoms with E-state index in [1.807, 2.05) is 14.2 Å². The number of ether oxygens (including phenoxy) is 6. The van der Waals surface area contributed by atoms with E-state index >= 15 is 0 Å². The third-order valence-electron chi connectivity index (χ3n) is 24.3. The van der Waals surface area contributed by atoms with Gasteiger partial charge in [0.05, 0.1) is 11.2 Å². The summed E-state index contributed by atoms with van der Waals surface area (Å²) in [5, 5.41) is 25.6. The minimum absolute atomic E-state index is 0.0212. The Kier molecular flexibility index (Phi) is 9.33. The first-order valence-corrected chi connectivity index (χ1v) is 28.1. The average molecular weight is 961 g/mol. The zero-order chi connectivity index (χ0) is 48.6. The van der Waals surface area contributed by atoms with Crippen LogP contribution in [-0.2, 0) is 33.1 Å². The van der Waals surface area contributed by atoms with Gasteiger partial charge in [-0.2, -0.15) is 0 Å². The number of benzene rings is 2. The molecule has 14 aliphatic rings. The molecule has 0 amide bonds. The van der Waals surface area contributed by atoms with Gasteiger partial charge in [0, 0.05) is 84.0 Å². The van der Waals surface area contributed by atoms with E-state index in [4.69, 9.17) is 28.4 Å². The molecule has 2 aromatic carbocycles. The van der Waals surface area contributed by atoms with Crippen molar-refractivity contribution in [3.8, 4) is 23.0 Å². The van der Waals surface area contributed by atoms with Gasteiger partial charge in [-0.15, -0.1) is 0 Å². The van der Waals surface area contributed by atoms with Crippen LogP contribution in [0.3, 0.4) is 0 Å². The topological polar surface area (TPSA) is 102 Å². The summed E-state index contributed by atoms with van der Waals surface area (Å²) in [6, 6.07) is 9.89. The van der Waals surface area contributed by atoms with E-state index in [9.17, 15) is 10.2 Å². The standard InChI is InChI=1S/C60H84N2O8/c1-51(2,3)53(7,63)41-31-55-19-21-59(41,65-9)49-57(55)23-25-61(33-35-11-12-35)43(55)29-37-15-17-39(47(69-49)45(37)57)67-27-28-68-40-18-16-38-30-44-56-20-22-60(66-10,42(32-56)54(8,64)52(4,5)6)50-58(56,46(38)48(40)70-50)24-26-62(44)34-36-13-14-36/h15-18,35-36,41-44,49-50,63-64H,11-14,19-34H2,1-10H3/t41-,42-,43-,44-,49+,50+,53+,54+,55-,56-,57+,58?,59-,60?/m1/s1. The van der Waals surface area contributed by atoms with Gasteiger partial charge in [0.15, 0.2) is 23.0 Å². The number of fused-ring (bicyclic) bond motifs is 4. The van der Waals surface area contributed by atoms with Gasteiger partial charge in [-0.1, -0.05) is 53.7 Å². The van der Waals surface area contributed by atoms with Gasteiger partial charge in [0.25, 0.3) is 0 Å². The molecule has 8 saturated carbocycles. The van der Waals surface area contributed by atoms with Gasteiger partial charge >= 0.3 is 0 Å². The lowest BCUT2D eigenvalue weighted by molar-refractivity contribution is -0.312. The molecule has 4 heterocycles. The SMILES string of the molecule is COC12CC[C@@]3(C[C@@H]1[C@](C)(O)C(C)(C)C)[C@H]1Cc4ccc(OCCOc5ccc6c7c5O[C@@H]5[C@@]8(OC)CC[C@@]9(C[C@@H]8[C@](C)(O)C(C)(C)C)[C@@H](C6)N(CC6CC6)CC[C@]759)c5c4C3(CCN1CC1CC1)[C@@H]2O5. The fourth-order valence-corrected chi connectivity index (χ4v) is 19.7. The molecule has 2 saturated heterocycles. The number of aliphatic hydroxyl groups is 2. The molecule has 2 aromatic rings. The van der Waals surface area contributed by atoms with Gasteiger partial charge < -0.3 is 38.6 Å². The summed E-state index contributed by atoms with van der Waals surface area (Å²) in [5.74, 6) is 4.90. The number of likely N-dealkylation sites (tertiary alicyclic amines) is 2. The van der Waals surface area contributed by atoms with Crippen molar-refractivity contribution in [1.29, 1.82) is 0 Å². The molecule has 10 aliphatic carbocycles. The highest BCUT2D eigenvalue weighted by Gasteiger charge is 2.84. The zero-order valence-electron chi connectivity index (χ0n) is 44.3. The fraction of sp³-hybridized carbons (Fsp3) is 0.800. The molecule has 8 bridgehead atoms. The maximum absolute atomic E-state index is 12.8. The molecular formula is C60H84N2O8. The fourth-order valence-electron chi connectivity index (χ4n) is 19.7. The molecule has 10 fully saturated rings. The largest absolute Gasteiger partial charge is 0.486 e. The Balaban J connectivity index is 0.789. The van der Waals surface area contributed by atoms with E-state index in [0.717, 1.165) is 112 Å². The van der Waals surface area contributed by atoms with Crippen molar-refractivity contribution in [3.63, 3.8) is 0 Å². The molecule has 10 heteroatoms. The van der Waals surface area contributed by atoms with Crippen molar-refractivity contribution in [2.45, 2.75) is 203 Å². The average Bonchev–Trinajstić information content (AvgIpc) is 4.26. The highest BCUT2D eigenvalue weighted by molar-refractivity contribution is 5.65. The predicted octanol–water partition coefficient (Wildman–Crippen LogP) is 9.19. The number of nitrogens with zero attached hydrogens (tertiary/aromatic N) is 2. The molecule has 382 valence electrons. The van der Waals surface area contributed by atoms with E-state index in [0.29, 0.717) is 25.3 Å². The molecule has 16 rings (SSSR count). The second-order valence-corrected chi connectivity index (χ2v) is 28.2. The molecule has 0 aromatic heterocycles. The first-order valence-electron chi connectivity index (χ1n) is 28.1. The maximum atomic E-state index is 12.8. The Morgan fingerprint density at radius 2 is 0.971 bits per heavy atom. The van der Waals surface area contributed by atoms with Crippen LogP contribution < -0.4 is 18.9 Å². The summed E-state index contributed by atoms with van der Waals surface area (Å²) >= 11 is 0. The quantitative estimate of drug-likeness (QED) is 0.189. The molecule has 10 nitrogen and oxygen atoms in total. The van der Waals surface area contributed by atoms with Crippen molar-refractivity contribution in [1.82, 2.24) is 9.80 Å². The highest BCUT2D eigenvalue weighted by Crippen LogP contribution is 2.80. The van der Waals surface area contributed by atoms with Gasteiger partial charge in [-0.05, 0) is 163 Å². The molecule has 4 spiro atoms. The third-order valence-corrected chi connectivity index (χ3v) is 24.3. The smallest absolute Gasteiger partial charge is 0.165 e. The number of hydrogen-bond donors (Lipinski definition) is 2. The van der Waals surface area contributed by atoms with Crippen LogP contribution in [0, 0.1) is 45.3 Å². The van der Waals surface area contributed by atoms with Crippen LogP contribution in [-0.4, -0.2) is 120 Å². The predicted molar refractivity (Wildman–Crippen MR) is 268 cm³/mol. The summed E-state index contributed by atoms with van der Waals surface area (Å²) in [6.45, 7) is 22.6. The van der Waals surface area contributed by atoms with E-state index in [1.54, 1.807) is 0 Å². The molecule has 2 N–H and O–H groups in total. The minimum Gasteiger partial charge on any atom is -0.486 e. The van der Waals surface area contributed by atoms with Gasteiger partial charge in [0.2, 0.25) is 0 Å². The monoisotopic (exact) mass is 961 g/mol. The summed E-state index contributed by atoms with van der Waals surface area (Å²) in [6.07, 6.45) is 15.0. The van der Waals surface area contributed by atoms with Crippen LogP contribution in [0.15, 0.2) is 24.3 Å². The van der Waals surface area contributed by atoms with E-state index in [-0.39, 0.29) is 56.5 Å².